The second-order valence-corrected chi connectivity index (χ2v) is 6.51. The molecule has 2 unspecified atom stereocenters. The summed E-state index contributed by atoms with van der Waals surface area (Å²) in [6.45, 7) is 11.0. The molecule has 0 radical (unpaired) electrons. The largest absolute Gasteiger partial charge is 0.382 e. The Morgan fingerprint density at radius 3 is 2.60 bits per heavy atom. The molecule has 1 aliphatic heterocycles. The van der Waals surface area contributed by atoms with Crippen LogP contribution in [0.2, 0.25) is 0 Å². The molecule has 6 heteroatoms. The van der Waals surface area contributed by atoms with E-state index in [1.807, 2.05) is 4.90 Å². The number of carbonyl (C=O) groups is 1. The van der Waals surface area contributed by atoms with Crippen molar-refractivity contribution in [3.8, 4) is 0 Å². The number of hydrogen-bond donors (Lipinski definition) is 1. The monoisotopic (exact) mass is 296 g/mol. The van der Waals surface area contributed by atoms with E-state index in [0.717, 1.165) is 31.2 Å². The van der Waals surface area contributed by atoms with E-state index in [-0.39, 0.29) is 11.9 Å². The summed E-state index contributed by atoms with van der Waals surface area (Å²) in [4.78, 5) is 21.6. The van der Waals surface area contributed by atoms with Gasteiger partial charge < -0.3 is 15.5 Å². The van der Waals surface area contributed by atoms with Crippen LogP contribution in [0.15, 0.2) is 0 Å². The number of aromatic nitrogens is 1. The maximum absolute atomic E-state index is 12.6. The van der Waals surface area contributed by atoms with Crippen LogP contribution in [0, 0.1) is 5.92 Å². The van der Waals surface area contributed by atoms with Crippen LogP contribution in [-0.4, -0.2) is 41.5 Å². The normalized spacial score (nSPS) is 22.3. The second-order valence-electron chi connectivity index (χ2n) is 5.53. The van der Waals surface area contributed by atoms with Gasteiger partial charge in [0.25, 0.3) is 5.91 Å². The highest BCUT2D eigenvalue weighted by Gasteiger charge is 2.33. The first-order valence-electron chi connectivity index (χ1n) is 7.30. The molecule has 112 valence electrons. The van der Waals surface area contributed by atoms with E-state index in [1.54, 1.807) is 0 Å². The lowest BCUT2D eigenvalue weighted by atomic mass is 10.1. The molecule has 1 amide bonds. The van der Waals surface area contributed by atoms with Gasteiger partial charge >= 0.3 is 0 Å². The molecule has 0 aliphatic carbocycles. The molecule has 1 fully saturated rings. The number of nitrogens with zero attached hydrogens (tertiary/aromatic N) is 3. The number of carbonyl (C=O) groups excluding carboxylic acids is 1. The van der Waals surface area contributed by atoms with E-state index in [9.17, 15) is 4.79 Å². The highest BCUT2D eigenvalue weighted by molar-refractivity contribution is 7.18. The van der Waals surface area contributed by atoms with E-state index in [4.69, 9.17) is 5.73 Å². The molecule has 1 saturated heterocycles. The van der Waals surface area contributed by atoms with Crippen LogP contribution in [0.25, 0.3) is 0 Å². The fraction of sp³-hybridized carbons (Fsp3) is 0.714. The summed E-state index contributed by atoms with van der Waals surface area (Å²) < 4.78 is 0. The Kier molecular flexibility index (Phi) is 4.52. The van der Waals surface area contributed by atoms with Crippen molar-refractivity contribution in [1.29, 1.82) is 0 Å². The number of nitrogen functional groups attached to an aromatic ring is 1. The fourth-order valence-electron chi connectivity index (χ4n) is 2.82. The summed E-state index contributed by atoms with van der Waals surface area (Å²) in [6.07, 6.45) is 1.06. The van der Waals surface area contributed by atoms with Gasteiger partial charge in [-0.3, -0.25) is 4.79 Å². The number of likely N-dealkylation sites (tertiary alicyclic amines) is 1. The smallest absolute Gasteiger partial charge is 0.268 e. The van der Waals surface area contributed by atoms with E-state index in [2.05, 4.69) is 37.6 Å². The van der Waals surface area contributed by atoms with Gasteiger partial charge in [-0.15, -0.1) is 0 Å². The van der Waals surface area contributed by atoms with Crippen molar-refractivity contribution in [3.63, 3.8) is 0 Å². The van der Waals surface area contributed by atoms with Gasteiger partial charge in [-0.05, 0) is 33.1 Å². The summed E-state index contributed by atoms with van der Waals surface area (Å²) in [5.74, 6) is 0.967. The van der Waals surface area contributed by atoms with Gasteiger partial charge in [0.2, 0.25) is 0 Å². The Morgan fingerprint density at radius 1 is 1.45 bits per heavy atom. The lowest BCUT2D eigenvalue weighted by Gasteiger charge is -2.20. The third-order valence-electron chi connectivity index (χ3n) is 3.92. The van der Waals surface area contributed by atoms with Crippen LogP contribution >= 0.6 is 11.3 Å². The van der Waals surface area contributed by atoms with E-state index < -0.39 is 0 Å². The molecule has 2 rings (SSSR count). The SMILES string of the molecule is CCN(CC)c1nc(N)c(C(=O)N2CC(C)CC2C)s1. The number of nitrogens with two attached hydrogens (primary N) is 1. The first-order chi connectivity index (χ1) is 9.47. The zero-order valence-electron chi connectivity index (χ0n) is 12.7. The third-order valence-corrected chi connectivity index (χ3v) is 5.04. The molecular formula is C14H24N4OS. The molecule has 1 aromatic rings. The van der Waals surface area contributed by atoms with Crippen molar-refractivity contribution in [2.45, 2.75) is 40.2 Å². The standard InChI is InChI=1S/C14H24N4OS/c1-5-17(6-2)14-16-12(15)11(20-14)13(19)18-8-9(3)7-10(18)4/h9-10H,5-8,15H2,1-4H3. The van der Waals surface area contributed by atoms with Crippen molar-refractivity contribution in [3.05, 3.63) is 4.88 Å². The Labute approximate surface area is 124 Å². The van der Waals surface area contributed by atoms with Gasteiger partial charge in [0.1, 0.15) is 10.7 Å². The van der Waals surface area contributed by atoms with Gasteiger partial charge in [-0.2, -0.15) is 0 Å². The Hall–Kier alpha value is -1.30. The fourth-order valence-corrected chi connectivity index (χ4v) is 3.88. The molecule has 5 nitrogen and oxygen atoms in total. The lowest BCUT2D eigenvalue weighted by molar-refractivity contribution is 0.0749. The average Bonchev–Trinajstić information content (AvgIpc) is 2.93. The van der Waals surface area contributed by atoms with Crippen LogP contribution < -0.4 is 10.6 Å². The summed E-state index contributed by atoms with van der Waals surface area (Å²) in [6, 6.07) is 0.288. The van der Waals surface area contributed by atoms with Crippen molar-refractivity contribution in [2.24, 2.45) is 5.92 Å². The van der Waals surface area contributed by atoms with Crippen molar-refractivity contribution in [2.75, 3.05) is 30.3 Å². The van der Waals surface area contributed by atoms with E-state index in [1.165, 1.54) is 11.3 Å². The topological polar surface area (TPSA) is 62.5 Å². The molecule has 0 saturated carbocycles. The van der Waals surface area contributed by atoms with Crippen LogP contribution in [0.5, 0.6) is 0 Å². The van der Waals surface area contributed by atoms with Gasteiger partial charge in [-0.25, -0.2) is 4.98 Å². The molecule has 2 N–H and O–H groups in total. The Balaban J connectivity index is 2.22. The van der Waals surface area contributed by atoms with E-state index >= 15 is 0 Å². The average molecular weight is 296 g/mol. The minimum absolute atomic E-state index is 0.0373. The summed E-state index contributed by atoms with van der Waals surface area (Å²) >= 11 is 1.41. The molecule has 20 heavy (non-hydrogen) atoms. The third kappa shape index (κ3) is 2.75. The molecule has 2 atom stereocenters. The first-order valence-corrected chi connectivity index (χ1v) is 8.11. The van der Waals surface area contributed by atoms with Gasteiger partial charge in [0, 0.05) is 25.7 Å². The molecule has 1 aliphatic rings. The van der Waals surface area contributed by atoms with Crippen molar-refractivity contribution < 1.29 is 4.79 Å². The Morgan fingerprint density at radius 2 is 2.10 bits per heavy atom. The minimum atomic E-state index is 0.0373. The summed E-state index contributed by atoms with van der Waals surface area (Å²) in [7, 11) is 0. The number of anilines is 2. The summed E-state index contributed by atoms with van der Waals surface area (Å²) in [5, 5.41) is 0.843. The molecule has 0 aromatic carbocycles. The van der Waals surface area contributed by atoms with Crippen LogP contribution in [-0.2, 0) is 0 Å². The van der Waals surface area contributed by atoms with E-state index in [0.29, 0.717) is 16.6 Å². The van der Waals surface area contributed by atoms with Gasteiger partial charge in [-0.1, -0.05) is 18.3 Å². The number of rotatable bonds is 4. The summed E-state index contributed by atoms with van der Waals surface area (Å²) in [5.41, 5.74) is 5.96. The number of amides is 1. The maximum Gasteiger partial charge on any atom is 0.268 e. The maximum atomic E-state index is 12.6. The van der Waals surface area contributed by atoms with Crippen LogP contribution in [0.4, 0.5) is 10.9 Å². The number of hydrogen-bond acceptors (Lipinski definition) is 5. The molecule has 2 heterocycles. The molecule has 0 bridgehead atoms. The number of thiazole rings is 1. The van der Waals surface area contributed by atoms with Crippen molar-refractivity contribution >= 4 is 28.2 Å². The Bertz CT molecular complexity index is 484. The minimum Gasteiger partial charge on any atom is -0.382 e. The zero-order chi connectivity index (χ0) is 14.9. The van der Waals surface area contributed by atoms with Crippen LogP contribution in [0.1, 0.15) is 43.8 Å². The second kappa shape index (κ2) is 5.99. The highest BCUT2D eigenvalue weighted by atomic mass is 32.1. The molecule has 1 aromatic heterocycles. The van der Waals surface area contributed by atoms with Crippen molar-refractivity contribution in [1.82, 2.24) is 9.88 Å². The lowest BCUT2D eigenvalue weighted by Crippen LogP contribution is -2.33. The van der Waals surface area contributed by atoms with Crippen LogP contribution in [0.3, 0.4) is 0 Å². The quantitative estimate of drug-likeness (QED) is 0.927. The predicted molar refractivity (Wildman–Crippen MR) is 84.4 cm³/mol. The zero-order valence-corrected chi connectivity index (χ0v) is 13.5. The first kappa shape index (κ1) is 15.1. The van der Waals surface area contributed by atoms with Gasteiger partial charge in [0.15, 0.2) is 5.13 Å². The predicted octanol–water partition coefficient (Wildman–Crippen LogP) is 2.44. The highest BCUT2D eigenvalue weighted by Crippen LogP contribution is 2.32. The molecule has 0 spiro atoms. The molecular weight excluding hydrogens is 272 g/mol. The van der Waals surface area contributed by atoms with Gasteiger partial charge in [0.05, 0.1) is 0 Å².